The van der Waals surface area contributed by atoms with Crippen molar-refractivity contribution in [1.82, 2.24) is 9.80 Å². The van der Waals surface area contributed by atoms with E-state index in [2.05, 4.69) is 6.92 Å². The second kappa shape index (κ2) is 9.03. The molecule has 0 aromatic heterocycles. The van der Waals surface area contributed by atoms with Crippen LogP contribution >= 0.6 is 0 Å². The molecule has 8 nitrogen and oxygen atoms in total. The molecule has 0 aliphatic carbocycles. The lowest BCUT2D eigenvalue weighted by Crippen LogP contribution is -2.50. The average molecular weight is 453 g/mol. The number of carbonyl (C=O) groups is 4. The fourth-order valence-electron chi connectivity index (χ4n) is 4.84. The van der Waals surface area contributed by atoms with Gasteiger partial charge in [0.25, 0.3) is 23.6 Å². The summed E-state index contributed by atoms with van der Waals surface area (Å²) in [5, 5.41) is 19.7. The van der Waals surface area contributed by atoms with Crippen molar-refractivity contribution in [3.63, 3.8) is 0 Å². The molecule has 1 atom stereocenters. The number of rotatable bonds is 9. The summed E-state index contributed by atoms with van der Waals surface area (Å²) in [4.78, 5) is 55.1. The molecule has 174 valence electrons. The lowest BCUT2D eigenvalue weighted by Gasteiger charge is -2.35. The van der Waals surface area contributed by atoms with Crippen LogP contribution in [0.15, 0.2) is 24.3 Å². The Balaban J connectivity index is 1.82. The van der Waals surface area contributed by atoms with Crippen molar-refractivity contribution in [2.45, 2.75) is 45.6 Å². The summed E-state index contributed by atoms with van der Waals surface area (Å²) < 4.78 is 0. The monoisotopic (exact) mass is 452 g/mol. The SMILES string of the molecule is CCCCC(CC)CN1C(=O)c2ccc3c4c(ccc(c24)C1=O)C(=O)N(C(CO)CO)C3=O. The van der Waals surface area contributed by atoms with Gasteiger partial charge in [-0.15, -0.1) is 0 Å². The van der Waals surface area contributed by atoms with Crippen molar-refractivity contribution in [1.29, 1.82) is 0 Å². The first-order chi connectivity index (χ1) is 15.9. The number of benzene rings is 2. The fraction of sp³-hybridized carbons (Fsp3) is 0.440. The van der Waals surface area contributed by atoms with Crippen LogP contribution in [0.25, 0.3) is 10.8 Å². The zero-order chi connectivity index (χ0) is 23.9. The van der Waals surface area contributed by atoms with E-state index in [1.807, 2.05) is 6.92 Å². The maximum Gasteiger partial charge on any atom is 0.261 e. The molecule has 0 fully saturated rings. The molecule has 2 aliphatic heterocycles. The summed E-state index contributed by atoms with van der Waals surface area (Å²) in [6.07, 6.45) is 3.85. The summed E-state index contributed by atoms with van der Waals surface area (Å²) in [5.74, 6) is -1.97. The number of unbranched alkanes of at least 4 members (excludes halogenated alkanes) is 1. The molecule has 2 N–H and O–H groups in total. The number of nitrogens with zero attached hydrogens (tertiary/aromatic N) is 2. The van der Waals surface area contributed by atoms with Crippen LogP contribution in [0.3, 0.4) is 0 Å². The van der Waals surface area contributed by atoms with E-state index in [0.717, 1.165) is 30.6 Å². The highest BCUT2D eigenvalue weighted by atomic mass is 16.3. The maximum absolute atomic E-state index is 13.4. The first kappa shape index (κ1) is 23.1. The van der Waals surface area contributed by atoms with Crippen molar-refractivity contribution in [3.8, 4) is 0 Å². The number of hydrogen-bond acceptors (Lipinski definition) is 6. The largest absolute Gasteiger partial charge is 0.394 e. The first-order valence-corrected chi connectivity index (χ1v) is 11.4. The second-order valence-electron chi connectivity index (χ2n) is 8.71. The van der Waals surface area contributed by atoms with E-state index in [9.17, 15) is 29.4 Å². The van der Waals surface area contributed by atoms with E-state index in [1.165, 1.54) is 29.2 Å². The smallest absolute Gasteiger partial charge is 0.261 e. The van der Waals surface area contributed by atoms with Gasteiger partial charge < -0.3 is 10.2 Å². The Morgan fingerprint density at radius 1 is 0.758 bits per heavy atom. The van der Waals surface area contributed by atoms with Gasteiger partial charge in [0.15, 0.2) is 0 Å². The topological polar surface area (TPSA) is 115 Å². The van der Waals surface area contributed by atoms with Gasteiger partial charge in [-0.1, -0.05) is 33.1 Å². The predicted octanol–water partition coefficient (Wildman–Crippen LogP) is 2.60. The van der Waals surface area contributed by atoms with Crippen LogP contribution in [0.1, 0.15) is 81.0 Å². The highest BCUT2D eigenvalue weighted by molar-refractivity contribution is 6.33. The zero-order valence-electron chi connectivity index (χ0n) is 18.8. The van der Waals surface area contributed by atoms with Gasteiger partial charge in [0.2, 0.25) is 0 Å². The summed E-state index contributed by atoms with van der Waals surface area (Å²) >= 11 is 0. The molecule has 4 amide bonds. The predicted molar refractivity (Wildman–Crippen MR) is 121 cm³/mol. The van der Waals surface area contributed by atoms with Gasteiger partial charge in [0, 0.05) is 39.6 Å². The van der Waals surface area contributed by atoms with Crippen molar-refractivity contribution < 1.29 is 29.4 Å². The van der Waals surface area contributed by atoms with Gasteiger partial charge in [-0.25, -0.2) is 0 Å². The molecule has 0 spiro atoms. The van der Waals surface area contributed by atoms with Crippen LogP contribution in [0.5, 0.6) is 0 Å². The molecule has 4 rings (SSSR count). The number of aliphatic hydroxyl groups is 2. The zero-order valence-corrected chi connectivity index (χ0v) is 18.8. The van der Waals surface area contributed by atoms with Crippen molar-refractivity contribution in [2.75, 3.05) is 19.8 Å². The van der Waals surface area contributed by atoms with Gasteiger partial charge in [0.05, 0.1) is 19.3 Å². The summed E-state index contributed by atoms with van der Waals surface area (Å²) in [6, 6.07) is 4.95. The van der Waals surface area contributed by atoms with Crippen molar-refractivity contribution in [3.05, 3.63) is 46.5 Å². The van der Waals surface area contributed by atoms with E-state index in [4.69, 9.17) is 0 Å². The Kier molecular flexibility index (Phi) is 6.32. The van der Waals surface area contributed by atoms with Gasteiger partial charge in [-0.2, -0.15) is 0 Å². The van der Waals surface area contributed by atoms with Crippen LogP contribution < -0.4 is 0 Å². The highest BCUT2D eigenvalue weighted by Gasteiger charge is 2.41. The molecule has 0 saturated carbocycles. The number of imide groups is 2. The minimum atomic E-state index is -1.08. The van der Waals surface area contributed by atoms with Crippen LogP contribution in [-0.4, -0.2) is 69.4 Å². The fourth-order valence-corrected chi connectivity index (χ4v) is 4.84. The number of aliphatic hydroxyl groups excluding tert-OH is 2. The summed E-state index contributed by atoms with van der Waals surface area (Å²) in [5.41, 5.74) is 0.928. The van der Waals surface area contributed by atoms with Crippen molar-refractivity contribution >= 4 is 34.4 Å². The standard InChI is InChI=1S/C25H28N2O6/c1-3-5-6-14(4-2)11-26-22(30)16-7-9-18-21-19(10-8-17(20(16)21)23(26)31)25(33)27(24(18)32)15(12-28)13-29/h7-10,14-15,28-29H,3-6,11-13H2,1-2H3. The molecule has 0 radical (unpaired) electrons. The van der Waals surface area contributed by atoms with E-state index in [1.54, 1.807) is 0 Å². The summed E-state index contributed by atoms with van der Waals surface area (Å²) in [6.45, 7) is 3.33. The van der Waals surface area contributed by atoms with Crippen molar-refractivity contribution in [2.24, 2.45) is 5.92 Å². The first-order valence-electron chi connectivity index (χ1n) is 11.4. The Bertz CT molecular complexity index is 1080. The molecule has 2 aliphatic rings. The summed E-state index contributed by atoms with van der Waals surface area (Å²) in [7, 11) is 0. The molecule has 33 heavy (non-hydrogen) atoms. The van der Waals surface area contributed by atoms with E-state index < -0.39 is 42.9 Å². The minimum absolute atomic E-state index is 0.167. The maximum atomic E-state index is 13.4. The van der Waals surface area contributed by atoms with Gasteiger partial charge in [-0.3, -0.25) is 29.0 Å². The third kappa shape index (κ3) is 3.54. The number of carbonyl (C=O) groups excluding carboxylic acids is 4. The molecule has 2 aromatic rings. The van der Waals surface area contributed by atoms with Crippen LogP contribution in [0, 0.1) is 5.92 Å². The quantitative estimate of drug-likeness (QED) is 0.565. The second-order valence-corrected chi connectivity index (χ2v) is 8.71. The Morgan fingerprint density at radius 3 is 1.61 bits per heavy atom. The van der Waals surface area contributed by atoms with E-state index in [-0.39, 0.29) is 22.4 Å². The lowest BCUT2D eigenvalue weighted by molar-refractivity contribution is 0.0373. The molecule has 2 aromatic carbocycles. The number of hydrogen-bond donors (Lipinski definition) is 2. The average Bonchev–Trinajstić information content (AvgIpc) is 2.83. The normalized spacial score (nSPS) is 16.4. The van der Waals surface area contributed by atoms with Crippen LogP contribution in [0.4, 0.5) is 0 Å². The third-order valence-corrected chi connectivity index (χ3v) is 6.78. The number of amides is 4. The third-order valence-electron chi connectivity index (χ3n) is 6.78. The van der Waals surface area contributed by atoms with E-state index >= 15 is 0 Å². The highest BCUT2D eigenvalue weighted by Crippen LogP contribution is 2.38. The Labute approximate surface area is 191 Å². The molecular weight excluding hydrogens is 424 g/mol. The Hall–Kier alpha value is -3.10. The Morgan fingerprint density at radius 2 is 1.21 bits per heavy atom. The van der Waals surface area contributed by atoms with E-state index in [0.29, 0.717) is 23.1 Å². The van der Waals surface area contributed by atoms with Crippen LogP contribution in [0.2, 0.25) is 0 Å². The van der Waals surface area contributed by atoms with Gasteiger partial charge in [0.1, 0.15) is 0 Å². The minimum Gasteiger partial charge on any atom is -0.394 e. The van der Waals surface area contributed by atoms with Gasteiger partial charge in [-0.05, 0) is 36.6 Å². The molecule has 0 bridgehead atoms. The molecule has 0 saturated heterocycles. The lowest BCUT2D eigenvalue weighted by atomic mass is 9.85. The van der Waals surface area contributed by atoms with Crippen LogP contribution in [-0.2, 0) is 0 Å². The van der Waals surface area contributed by atoms with Gasteiger partial charge >= 0.3 is 0 Å². The molecule has 8 heteroatoms. The molecule has 1 unspecified atom stereocenters. The molecule has 2 heterocycles. The molecular formula is C25H28N2O6.